The first-order valence-corrected chi connectivity index (χ1v) is 7.24. The van der Waals surface area contributed by atoms with Crippen LogP contribution in [0.4, 0.5) is 0 Å². The lowest BCUT2D eigenvalue weighted by molar-refractivity contribution is -0.122. The SMILES string of the molecule is Cc1ccc(CCCC(=O)NC(CN)C2CC2)cc1.Cl. The number of benzene rings is 1. The van der Waals surface area contributed by atoms with Crippen molar-refractivity contribution in [2.24, 2.45) is 11.7 Å². The minimum atomic E-state index is 0. The Balaban J connectivity index is 0.00000200. The molecule has 1 saturated carbocycles. The van der Waals surface area contributed by atoms with E-state index in [9.17, 15) is 4.79 Å². The minimum absolute atomic E-state index is 0. The van der Waals surface area contributed by atoms with Crippen LogP contribution in [-0.2, 0) is 11.2 Å². The van der Waals surface area contributed by atoms with Gasteiger partial charge in [0, 0.05) is 19.0 Å². The predicted octanol–water partition coefficient (Wildman–Crippen LogP) is 2.59. The molecule has 1 aliphatic carbocycles. The number of amides is 1. The van der Waals surface area contributed by atoms with Gasteiger partial charge in [-0.25, -0.2) is 0 Å². The van der Waals surface area contributed by atoms with Crippen molar-refractivity contribution in [3.05, 3.63) is 35.4 Å². The summed E-state index contributed by atoms with van der Waals surface area (Å²) in [7, 11) is 0. The van der Waals surface area contributed by atoms with Crippen molar-refractivity contribution in [3.63, 3.8) is 0 Å². The Morgan fingerprint density at radius 2 is 2.00 bits per heavy atom. The standard InChI is InChI=1S/C16H24N2O.ClH/c1-12-5-7-13(8-6-12)3-2-4-16(19)18-15(11-17)14-9-10-14;/h5-8,14-15H,2-4,9-11,17H2,1H3,(H,18,19);1H. The van der Waals surface area contributed by atoms with Gasteiger partial charge in [-0.2, -0.15) is 0 Å². The van der Waals surface area contributed by atoms with Crippen molar-refractivity contribution in [3.8, 4) is 0 Å². The zero-order chi connectivity index (χ0) is 13.7. The van der Waals surface area contributed by atoms with E-state index in [1.165, 1.54) is 24.0 Å². The first kappa shape index (κ1) is 17.0. The molecule has 0 radical (unpaired) electrons. The fourth-order valence-corrected chi connectivity index (χ4v) is 2.35. The molecule has 0 aliphatic heterocycles. The molecule has 20 heavy (non-hydrogen) atoms. The monoisotopic (exact) mass is 296 g/mol. The summed E-state index contributed by atoms with van der Waals surface area (Å²) < 4.78 is 0. The van der Waals surface area contributed by atoms with E-state index in [-0.39, 0.29) is 24.4 Å². The lowest BCUT2D eigenvalue weighted by atomic mass is 10.1. The largest absolute Gasteiger partial charge is 0.352 e. The van der Waals surface area contributed by atoms with Gasteiger partial charge in [-0.1, -0.05) is 29.8 Å². The Morgan fingerprint density at radius 1 is 1.35 bits per heavy atom. The lowest BCUT2D eigenvalue weighted by Crippen LogP contribution is -2.41. The lowest BCUT2D eigenvalue weighted by Gasteiger charge is -2.15. The second-order valence-corrected chi connectivity index (χ2v) is 5.59. The summed E-state index contributed by atoms with van der Waals surface area (Å²) in [5.41, 5.74) is 8.26. The fourth-order valence-electron chi connectivity index (χ4n) is 2.35. The number of carbonyl (C=O) groups is 1. The Morgan fingerprint density at radius 3 is 2.55 bits per heavy atom. The average Bonchev–Trinajstić information content (AvgIpc) is 3.23. The molecule has 2 rings (SSSR count). The molecule has 0 heterocycles. The molecule has 1 amide bonds. The van der Waals surface area contributed by atoms with Crippen molar-refractivity contribution in [2.45, 2.75) is 45.1 Å². The van der Waals surface area contributed by atoms with Crippen molar-refractivity contribution >= 4 is 18.3 Å². The molecule has 112 valence electrons. The van der Waals surface area contributed by atoms with E-state index >= 15 is 0 Å². The van der Waals surface area contributed by atoms with Gasteiger partial charge in [0.15, 0.2) is 0 Å². The molecule has 1 aromatic rings. The maximum absolute atomic E-state index is 11.8. The van der Waals surface area contributed by atoms with Crippen LogP contribution < -0.4 is 11.1 Å². The molecule has 3 nitrogen and oxygen atoms in total. The first-order chi connectivity index (χ1) is 9.19. The highest BCUT2D eigenvalue weighted by molar-refractivity contribution is 5.85. The van der Waals surface area contributed by atoms with Gasteiger partial charge in [0.25, 0.3) is 0 Å². The molecular formula is C16H25ClN2O. The van der Waals surface area contributed by atoms with Gasteiger partial charge in [-0.05, 0) is 44.1 Å². The maximum atomic E-state index is 11.8. The number of hydrogen-bond donors (Lipinski definition) is 2. The number of halogens is 1. The summed E-state index contributed by atoms with van der Waals surface area (Å²) in [5, 5.41) is 3.06. The number of rotatable bonds is 7. The molecule has 1 atom stereocenters. The van der Waals surface area contributed by atoms with Crippen LogP contribution >= 0.6 is 12.4 Å². The summed E-state index contributed by atoms with van der Waals surface area (Å²) in [4.78, 5) is 11.8. The van der Waals surface area contributed by atoms with Gasteiger partial charge in [-0.15, -0.1) is 12.4 Å². The smallest absolute Gasteiger partial charge is 0.220 e. The number of nitrogens with two attached hydrogens (primary N) is 1. The molecule has 1 aliphatic rings. The van der Waals surface area contributed by atoms with Crippen molar-refractivity contribution in [1.29, 1.82) is 0 Å². The van der Waals surface area contributed by atoms with E-state index in [0.29, 0.717) is 18.9 Å². The Bertz CT molecular complexity index is 415. The summed E-state index contributed by atoms with van der Waals surface area (Å²) in [6.07, 6.45) is 4.88. The number of nitrogens with one attached hydrogen (secondary N) is 1. The van der Waals surface area contributed by atoms with Crippen LogP contribution in [0.2, 0.25) is 0 Å². The van der Waals surface area contributed by atoms with E-state index in [0.717, 1.165) is 12.8 Å². The average molecular weight is 297 g/mol. The second-order valence-electron chi connectivity index (χ2n) is 5.59. The number of carbonyl (C=O) groups excluding carboxylic acids is 1. The van der Waals surface area contributed by atoms with Crippen LogP contribution in [0.1, 0.15) is 36.8 Å². The third kappa shape index (κ3) is 5.51. The van der Waals surface area contributed by atoms with Crippen LogP contribution in [0, 0.1) is 12.8 Å². The quantitative estimate of drug-likeness (QED) is 0.812. The van der Waals surface area contributed by atoms with Gasteiger partial charge in [0.05, 0.1) is 0 Å². The van der Waals surface area contributed by atoms with Crippen molar-refractivity contribution in [2.75, 3.05) is 6.54 Å². The van der Waals surface area contributed by atoms with E-state index in [1.807, 2.05) is 0 Å². The third-order valence-corrected chi connectivity index (χ3v) is 3.78. The Labute approximate surface area is 127 Å². The van der Waals surface area contributed by atoms with Crippen LogP contribution in [0.5, 0.6) is 0 Å². The summed E-state index contributed by atoms with van der Waals surface area (Å²) in [6.45, 7) is 2.65. The summed E-state index contributed by atoms with van der Waals surface area (Å²) in [5.74, 6) is 0.778. The maximum Gasteiger partial charge on any atom is 0.220 e. The molecule has 4 heteroatoms. The molecule has 0 spiro atoms. The molecule has 0 saturated heterocycles. The summed E-state index contributed by atoms with van der Waals surface area (Å²) in [6, 6.07) is 8.71. The highest BCUT2D eigenvalue weighted by atomic mass is 35.5. The summed E-state index contributed by atoms with van der Waals surface area (Å²) >= 11 is 0. The molecular weight excluding hydrogens is 272 g/mol. The van der Waals surface area contributed by atoms with Gasteiger partial charge >= 0.3 is 0 Å². The third-order valence-electron chi connectivity index (χ3n) is 3.78. The topological polar surface area (TPSA) is 55.1 Å². The van der Waals surface area contributed by atoms with E-state index < -0.39 is 0 Å². The first-order valence-electron chi connectivity index (χ1n) is 7.24. The molecule has 1 unspecified atom stereocenters. The molecule has 0 bridgehead atoms. The normalized spacial score (nSPS) is 15.3. The van der Waals surface area contributed by atoms with Crippen LogP contribution in [0.25, 0.3) is 0 Å². The van der Waals surface area contributed by atoms with Crippen molar-refractivity contribution in [1.82, 2.24) is 5.32 Å². The predicted molar refractivity (Wildman–Crippen MR) is 85.1 cm³/mol. The van der Waals surface area contributed by atoms with E-state index in [4.69, 9.17) is 5.73 Å². The molecule has 0 aromatic heterocycles. The number of aryl methyl sites for hydroxylation is 2. The number of hydrogen-bond acceptors (Lipinski definition) is 2. The highest BCUT2D eigenvalue weighted by Crippen LogP contribution is 2.32. The van der Waals surface area contributed by atoms with Crippen LogP contribution in [0.3, 0.4) is 0 Å². The Kier molecular flexibility index (Phi) is 7.03. The minimum Gasteiger partial charge on any atom is -0.352 e. The Hall–Kier alpha value is -1.06. The zero-order valence-corrected chi connectivity index (χ0v) is 12.9. The molecule has 3 N–H and O–H groups in total. The fraction of sp³-hybridized carbons (Fsp3) is 0.562. The van der Waals surface area contributed by atoms with Crippen molar-refractivity contribution < 1.29 is 4.79 Å². The van der Waals surface area contributed by atoms with Crippen LogP contribution in [-0.4, -0.2) is 18.5 Å². The van der Waals surface area contributed by atoms with Gasteiger partial charge in [0.1, 0.15) is 0 Å². The zero-order valence-electron chi connectivity index (χ0n) is 12.1. The van der Waals surface area contributed by atoms with Gasteiger partial charge < -0.3 is 11.1 Å². The molecule has 1 fully saturated rings. The highest BCUT2D eigenvalue weighted by Gasteiger charge is 2.30. The van der Waals surface area contributed by atoms with Gasteiger partial charge in [-0.3, -0.25) is 4.79 Å². The van der Waals surface area contributed by atoms with E-state index in [2.05, 4.69) is 36.5 Å². The van der Waals surface area contributed by atoms with Crippen LogP contribution in [0.15, 0.2) is 24.3 Å². The molecule has 1 aromatic carbocycles. The van der Waals surface area contributed by atoms with E-state index in [1.54, 1.807) is 0 Å². The second kappa shape index (κ2) is 8.28. The van der Waals surface area contributed by atoms with Gasteiger partial charge in [0.2, 0.25) is 5.91 Å².